The van der Waals surface area contributed by atoms with Crippen LogP contribution < -0.4 is 4.74 Å². The van der Waals surface area contributed by atoms with Crippen LogP contribution in [0.4, 0.5) is 0 Å². The van der Waals surface area contributed by atoms with Gasteiger partial charge < -0.3 is 14.8 Å². The van der Waals surface area contributed by atoms with Crippen LogP contribution in [-0.2, 0) is 6.42 Å². The average Bonchev–Trinajstić information content (AvgIpc) is 2.94. The zero-order chi connectivity index (χ0) is 14.8. The van der Waals surface area contributed by atoms with Gasteiger partial charge in [0.1, 0.15) is 5.75 Å². The summed E-state index contributed by atoms with van der Waals surface area (Å²) < 4.78 is 5.17. The van der Waals surface area contributed by atoms with Gasteiger partial charge in [-0.2, -0.15) is 0 Å². The lowest BCUT2D eigenvalue weighted by atomic mass is 10.0. The van der Waals surface area contributed by atoms with Crippen molar-refractivity contribution >= 4 is 16.9 Å². The number of fused-ring (bicyclic) bond motifs is 1. The fourth-order valence-corrected chi connectivity index (χ4v) is 2.44. The number of hydrogen-bond donors (Lipinski definition) is 2. The van der Waals surface area contributed by atoms with Gasteiger partial charge >= 0.3 is 5.97 Å². The first-order chi connectivity index (χ1) is 10.2. The van der Waals surface area contributed by atoms with E-state index >= 15 is 0 Å². The van der Waals surface area contributed by atoms with Crippen LogP contribution in [0.25, 0.3) is 10.9 Å². The predicted octanol–water partition coefficient (Wildman–Crippen LogP) is 3.47. The number of carbonyl (C=O) groups is 1. The third-order valence-corrected chi connectivity index (χ3v) is 3.48. The number of methoxy groups -OCH3 is 1. The summed E-state index contributed by atoms with van der Waals surface area (Å²) in [6, 6.07) is 13.3. The van der Waals surface area contributed by atoms with Crippen LogP contribution in [0, 0.1) is 0 Å². The topological polar surface area (TPSA) is 62.3 Å². The van der Waals surface area contributed by atoms with Crippen LogP contribution in [0.2, 0.25) is 0 Å². The molecule has 0 aliphatic carbocycles. The first kappa shape index (κ1) is 13.2. The molecule has 2 N–H and O–H groups in total. The van der Waals surface area contributed by atoms with Gasteiger partial charge in [0.05, 0.1) is 12.7 Å². The van der Waals surface area contributed by atoms with Crippen molar-refractivity contribution in [3.63, 3.8) is 0 Å². The summed E-state index contributed by atoms with van der Waals surface area (Å²) in [5, 5.41) is 10.3. The van der Waals surface area contributed by atoms with Crippen molar-refractivity contribution in [3.8, 4) is 5.75 Å². The van der Waals surface area contributed by atoms with E-state index in [-0.39, 0.29) is 5.56 Å². The number of carboxylic acids is 1. The van der Waals surface area contributed by atoms with Gasteiger partial charge in [-0.1, -0.05) is 12.1 Å². The van der Waals surface area contributed by atoms with E-state index < -0.39 is 5.97 Å². The molecule has 106 valence electrons. The van der Waals surface area contributed by atoms with E-state index in [1.807, 2.05) is 18.3 Å². The molecule has 0 amide bonds. The predicted molar refractivity (Wildman–Crippen MR) is 81.1 cm³/mol. The molecule has 1 aromatic heterocycles. The zero-order valence-corrected chi connectivity index (χ0v) is 11.6. The summed E-state index contributed by atoms with van der Waals surface area (Å²) in [7, 11) is 1.54. The molecule has 0 bridgehead atoms. The molecule has 1 heterocycles. The maximum absolute atomic E-state index is 11.2. The highest BCUT2D eigenvalue weighted by Gasteiger charge is 2.08. The van der Waals surface area contributed by atoms with Crippen molar-refractivity contribution in [3.05, 3.63) is 65.4 Å². The van der Waals surface area contributed by atoms with Crippen LogP contribution in [0.15, 0.2) is 48.7 Å². The highest BCUT2D eigenvalue weighted by atomic mass is 16.5. The van der Waals surface area contributed by atoms with E-state index in [4.69, 9.17) is 9.84 Å². The van der Waals surface area contributed by atoms with Crippen molar-refractivity contribution in [1.29, 1.82) is 0 Å². The fourth-order valence-electron chi connectivity index (χ4n) is 2.44. The monoisotopic (exact) mass is 281 g/mol. The standard InChI is InChI=1S/C17H15NO3/c1-21-15-8-12(7-14(10-15)17(19)20)6-11-2-3-13-4-5-18-16(13)9-11/h2-5,7-10,18H,6H2,1H3,(H,19,20). The van der Waals surface area contributed by atoms with E-state index in [0.717, 1.165) is 22.0 Å². The van der Waals surface area contributed by atoms with Gasteiger partial charge in [0.15, 0.2) is 0 Å². The first-order valence-corrected chi connectivity index (χ1v) is 6.63. The number of nitrogens with one attached hydrogen (secondary N) is 1. The van der Waals surface area contributed by atoms with E-state index in [1.54, 1.807) is 6.07 Å². The normalized spacial score (nSPS) is 10.7. The lowest BCUT2D eigenvalue weighted by Gasteiger charge is -2.07. The molecule has 0 aliphatic rings. The van der Waals surface area contributed by atoms with Crippen molar-refractivity contribution in [2.45, 2.75) is 6.42 Å². The maximum Gasteiger partial charge on any atom is 0.335 e. The third kappa shape index (κ3) is 2.74. The second-order valence-corrected chi connectivity index (χ2v) is 4.95. The van der Waals surface area contributed by atoms with E-state index in [0.29, 0.717) is 12.2 Å². The van der Waals surface area contributed by atoms with Gasteiger partial charge in [-0.15, -0.1) is 0 Å². The minimum absolute atomic E-state index is 0.241. The van der Waals surface area contributed by atoms with Gasteiger partial charge in [-0.3, -0.25) is 0 Å². The minimum atomic E-state index is -0.949. The van der Waals surface area contributed by atoms with Gasteiger partial charge in [0.2, 0.25) is 0 Å². The summed E-state index contributed by atoms with van der Waals surface area (Å²) in [5.74, 6) is -0.388. The third-order valence-electron chi connectivity index (χ3n) is 3.48. The van der Waals surface area contributed by atoms with Crippen molar-refractivity contribution in [2.24, 2.45) is 0 Å². The highest BCUT2D eigenvalue weighted by Crippen LogP contribution is 2.21. The Morgan fingerprint density at radius 3 is 2.76 bits per heavy atom. The molecule has 0 saturated carbocycles. The molecule has 3 aromatic rings. The molecule has 4 nitrogen and oxygen atoms in total. The summed E-state index contributed by atoms with van der Waals surface area (Å²) in [4.78, 5) is 14.3. The largest absolute Gasteiger partial charge is 0.497 e. The summed E-state index contributed by atoms with van der Waals surface area (Å²) in [6.45, 7) is 0. The first-order valence-electron chi connectivity index (χ1n) is 6.63. The Kier molecular flexibility index (Phi) is 3.36. The molecular weight excluding hydrogens is 266 g/mol. The minimum Gasteiger partial charge on any atom is -0.497 e. The van der Waals surface area contributed by atoms with Crippen LogP contribution in [0.3, 0.4) is 0 Å². The van der Waals surface area contributed by atoms with Gasteiger partial charge in [0, 0.05) is 11.7 Å². The Bertz CT molecular complexity index is 805. The number of H-pyrrole nitrogens is 1. The molecule has 0 spiro atoms. The number of benzene rings is 2. The van der Waals surface area contributed by atoms with Crippen LogP contribution in [0.5, 0.6) is 5.75 Å². The molecule has 0 saturated heterocycles. The molecule has 3 rings (SSSR count). The van der Waals surface area contributed by atoms with Crippen molar-refractivity contribution < 1.29 is 14.6 Å². The molecule has 4 heteroatoms. The molecule has 0 atom stereocenters. The number of ether oxygens (including phenoxy) is 1. The highest BCUT2D eigenvalue weighted by molar-refractivity contribution is 5.88. The Morgan fingerprint density at radius 2 is 2.00 bits per heavy atom. The molecule has 2 aromatic carbocycles. The number of rotatable bonds is 4. The Labute approximate surface area is 122 Å². The van der Waals surface area contributed by atoms with Crippen molar-refractivity contribution in [2.75, 3.05) is 7.11 Å². The number of aromatic amines is 1. The summed E-state index contributed by atoms with van der Waals surface area (Å²) >= 11 is 0. The number of hydrogen-bond acceptors (Lipinski definition) is 2. The maximum atomic E-state index is 11.2. The van der Waals surface area contributed by atoms with E-state index in [1.165, 1.54) is 13.2 Å². The average molecular weight is 281 g/mol. The summed E-state index contributed by atoms with van der Waals surface area (Å²) in [6.07, 6.45) is 2.56. The van der Waals surface area contributed by atoms with E-state index in [9.17, 15) is 4.79 Å². The smallest absolute Gasteiger partial charge is 0.335 e. The molecular formula is C17H15NO3. The van der Waals surface area contributed by atoms with Crippen LogP contribution in [0.1, 0.15) is 21.5 Å². The van der Waals surface area contributed by atoms with Gasteiger partial charge in [-0.25, -0.2) is 4.79 Å². The SMILES string of the molecule is COc1cc(Cc2ccc3cc[nH]c3c2)cc(C(=O)O)c1. The Balaban J connectivity index is 1.96. The lowest BCUT2D eigenvalue weighted by molar-refractivity contribution is 0.0696. The number of aromatic carboxylic acids is 1. The van der Waals surface area contributed by atoms with Gasteiger partial charge in [0.25, 0.3) is 0 Å². The zero-order valence-electron chi connectivity index (χ0n) is 11.6. The Morgan fingerprint density at radius 1 is 1.14 bits per heavy atom. The number of carboxylic acid groups (broad SMARTS) is 1. The lowest BCUT2D eigenvalue weighted by Crippen LogP contribution is -2.00. The number of aromatic nitrogens is 1. The molecule has 21 heavy (non-hydrogen) atoms. The molecule has 0 fully saturated rings. The summed E-state index contributed by atoms with van der Waals surface area (Å²) in [5.41, 5.74) is 3.35. The fraction of sp³-hybridized carbons (Fsp3) is 0.118. The molecule has 0 aliphatic heterocycles. The van der Waals surface area contributed by atoms with Gasteiger partial charge in [-0.05, 0) is 53.3 Å². The quantitative estimate of drug-likeness (QED) is 0.769. The second-order valence-electron chi connectivity index (χ2n) is 4.95. The molecule has 0 radical (unpaired) electrons. The van der Waals surface area contributed by atoms with Crippen molar-refractivity contribution in [1.82, 2.24) is 4.98 Å². The Hall–Kier alpha value is -2.75. The van der Waals surface area contributed by atoms with Crippen LogP contribution >= 0.6 is 0 Å². The van der Waals surface area contributed by atoms with Crippen LogP contribution in [-0.4, -0.2) is 23.2 Å². The molecule has 0 unspecified atom stereocenters. The second kappa shape index (κ2) is 5.32. The van der Waals surface area contributed by atoms with E-state index in [2.05, 4.69) is 23.2 Å².